The third-order valence-corrected chi connectivity index (χ3v) is 6.28. The summed E-state index contributed by atoms with van der Waals surface area (Å²) in [4.78, 5) is 33.4. The Morgan fingerprint density at radius 1 is 0.970 bits per heavy atom. The van der Waals surface area contributed by atoms with Crippen molar-refractivity contribution in [3.05, 3.63) is 90.3 Å². The number of aromatic nitrogens is 1. The van der Waals surface area contributed by atoms with Gasteiger partial charge in [-0.2, -0.15) is 0 Å². The number of anilines is 1. The first-order chi connectivity index (χ1) is 16.1. The second-order valence-electron chi connectivity index (χ2n) is 8.42. The molecule has 1 heterocycles. The van der Waals surface area contributed by atoms with Crippen LogP contribution in [0.15, 0.2) is 79.1 Å². The maximum absolute atomic E-state index is 13.7. The first kappa shape index (κ1) is 22.5. The van der Waals surface area contributed by atoms with Crippen molar-refractivity contribution in [3.8, 4) is 5.75 Å². The summed E-state index contributed by atoms with van der Waals surface area (Å²) in [5, 5.41) is 3.06. The van der Waals surface area contributed by atoms with E-state index < -0.39 is 5.54 Å². The number of benzene rings is 2. The van der Waals surface area contributed by atoms with Gasteiger partial charge >= 0.3 is 0 Å². The van der Waals surface area contributed by atoms with E-state index in [1.54, 1.807) is 24.4 Å². The first-order valence-electron chi connectivity index (χ1n) is 11.3. The van der Waals surface area contributed by atoms with Gasteiger partial charge in [0.15, 0.2) is 0 Å². The summed E-state index contributed by atoms with van der Waals surface area (Å²) in [5.74, 6) is 0.520. The SMILES string of the molecule is COc1ccc(NC(=O)C2(N(Cc3cccnc3)C(=O)Cc3ccccc3)CCCC2)cc1. The molecule has 0 atom stereocenters. The minimum absolute atomic E-state index is 0.0585. The van der Waals surface area contributed by atoms with Gasteiger partial charge in [-0.15, -0.1) is 0 Å². The summed E-state index contributed by atoms with van der Waals surface area (Å²) in [6.07, 6.45) is 6.79. The molecule has 6 heteroatoms. The van der Waals surface area contributed by atoms with E-state index in [0.29, 0.717) is 25.1 Å². The van der Waals surface area contributed by atoms with Gasteiger partial charge in [-0.05, 0) is 54.3 Å². The van der Waals surface area contributed by atoms with Crippen LogP contribution in [0.25, 0.3) is 0 Å². The number of ether oxygens (including phenoxy) is 1. The Morgan fingerprint density at radius 2 is 1.67 bits per heavy atom. The number of hydrogen-bond donors (Lipinski definition) is 1. The first-order valence-corrected chi connectivity index (χ1v) is 11.3. The molecule has 2 amide bonds. The summed E-state index contributed by atoms with van der Waals surface area (Å²) >= 11 is 0. The Balaban J connectivity index is 1.64. The van der Waals surface area contributed by atoms with E-state index >= 15 is 0 Å². The largest absolute Gasteiger partial charge is 0.497 e. The van der Waals surface area contributed by atoms with Crippen LogP contribution in [0.4, 0.5) is 5.69 Å². The summed E-state index contributed by atoms with van der Waals surface area (Å²) < 4.78 is 5.21. The summed E-state index contributed by atoms with van der Waals surface area (Å²) in [6.45, 7) is 0.343. The van der Waals surface area contributed by atoms with Gasteiger partial charge in [0.25, 0.3) is 0 Å². The van der Waals surface area contributed by atoms with E-state index in [2.05, 4.69) is 10.3 Å². The van der Waals surface area contributed by atoms with Gasteiger partial charge in [0.1, 0.15) is 11.3 Å². The van der Waals surface area contributed by atoms with Crippen molar-refractivity contribution in [3.63, 3.8) is 0 Å². The highest BCUT2D eigenvalue weighted by molar-refractivity contribution is 6.01. The average Bonchev–Trinajstić information content (AvgIpc) is 3.35. The van der Waals surface area contributed by atoms with Crippen LogP contribution in [0, 0.1) is 0 Å². The van der Waals surface area contributed by atoms with Crippen LogP contribution in [0.5, 0.6) is 5.75 Å². The molecule has 4 rings (SSSR count). The van der Waals surface area contributed by atoms with Gasteiger partial charge < -0.3 is 15.0 Å². The van der Waals surface area contributed by atoms with E-state index in [1.165, 1.54) is 0 Å². The number of hydrogen-bond acceptors (Lipinski definition) is 4. The number of pyridine rings is 1. The molecule has 6 nitrogen and oxygen atoms in total. The van der Waals surface area contributed by atoms with Crippen molar-refractivity contribution in [2.45, 2.75) is 44.2 Å². The molecule has 1 aliphatic rings. The van der Waals surface area contributed by atoms with Gasteiger partial charge in [-0.25, -0.2) is 0 Å². The number of nitrogens with one attached hydrogen (secondary N) is 1. The van der Waals surface area contributed by atoms with Crippen molar-refractivity contribution in [2.75, 3.05) is 12.4 Å². The second-order valence-corrected chi connectivity index (χ2v) is 8.42. The monoisotopic (exact) mass is 443 g/mol. The Labute approximate surface area is 194 Å². The minimum Gasteiger partial charge on any atom is -0.497 e. The van der Waals surface area contributed by atoms with Crippen molar-refractivity contribution < 1.29 is 14.3 Å². The topological polar surface area (TPSA) is 71.5 Å². The molecular formula is C27H29N3O3. The van der Waals surface area contributed by atoms with E-state index in [9.17, 15) is 9.59 Å². The Kier molecular flexibility index (Phi) is 7.03. The van der Waals surface area contributed by atoms with Crippen molar-refractivity contribution in [1.29, 1.82) is 0 Å². The fraction of sp³-hybridized carbons (Fsp3) is 0.296. The lowest BCUT2D eigenvalue weighted by atomic mass is 9.91. The van der Waals surface area contributed by atoms with Gasteiger partial charge in [0, 0.05) is 24.6 Å². The van der Waals surface area contributed by atoms with Gasteiger partial charge in [0.05, 0.1) is 13.5 Å². The van der Waals surface area contributed by atoms with Crippen LogP contribution in [0.2, 0.25) is 0 Å². The molecule has 33 heavy (non-hydrogen) atoms. The fourth-order valence-corrected chi connectivity index (χ4v) is 4.52. The van der Waals surface area contributed by atoms with E-state index in [1.807, 2.05) is 66.7 Å². The van der Waals surface area contributed by atoms with E-state index in [-0.39, 0.29) is 18.2 Å². The molecular weight excluding hydrogens is 414 g/mol. The minimum atomic E-state index is -0.901. The summed E-state index contributed by atoms with van der Waals surface area (Å²) in [5.41, 5.74) is 1.62. The maximum atomic E-state index is 13.7. The molecule has 0 bridgehead atoms. The fourth-order valence-electron chi connectivity index (χ4n) is 4.52. The van der Waals surface area contributed by atoms with Gasteiger partial charge in [-0.1, -0.05) is 49.2 Å². The number of rotatable bonds is 8. The number of methoxy groups -OCH3 is 1. The molecule has 1 aliphatic carbocycles. The third kappa shape index (κ3) is 5.22. The van der Waals surface area contributed by atoms with Gasteiger partial charge in [0.2, 0.25) is 11.8 Å². The molecule has 3 aromatic rings. The van der Waals surface area contributed by atoms with Crippen LogP contribution in [0.1, 0.15) is 36.8 Å². The van der Waals surface area contributed by atoms with Crippen LogP contribution in [-0.2, 0) is 22.6 Å². The molecule has 0 aliphatic heterocycles. The van der Waals surface area contributed by atoms with Gasteiger partial charge in [-0.3, -0.25) is 14.6 Å². The normalized spacial score (nSPS) is 14.5. The molecule has 0 spiro atoms. The Hall–Kier alpha value is -3.67. The smallest absolute Gasteiger partial charge is 0.250 e. The number of nitrogens with zero attached hydrogens (tertiary/aromatic N) is 2. The highest BCUT2D eigenvalue weighted by Crippen LogP contribution is 2.38. The Morgan fingerprint density at radius 3 is 2.30 bits per heavy atom. The molecule has 1 aromatic heterocycles. The van der Waals surface area contributed by atoms with E-state index in [0.717, 1.165) is 29.7 Å². The Bertz CT molecular complexity index is 1060. The third-order valence-electron chi connectivity index (χ3n) is 6.28. The lowest BCUT2D eigenvalue weighted by Gasteiger charge is -2.40. The lowest BCUT2D eigenvalue weighted by molar-refractivity contribution is -0.145. The van der Waals surface area contributed by atoms with Crippen molar-refractivity contribution >= 4 is 17.5 Å². The molecule has 170 valence electrons. The summed E-state index contributed by atoms with van der Waals surface area (Å²) in [6, 6.07) is 20.7. The lowest BCUT2D eigenvalue weighted by Crippen LogP contribution is -2.57. The molecule has 0 saturated heterocycles. The zero-order valence-corrected chi connectivity index (χ0v) is 18.9. The quantitative estimate of drug-likeness (QED) is 0.552. The summed E-state index contributed by atoms with van der Waals surface area (Å²) in [7, 11) is 1.61. The van der Waals surface area contributed by atoms with E-state index in [4.69, 9.17) is 4.74 Å². The van der Waals surface area contributed by atoms with Crippen LogP contribution >= 0.6 is 0 Å². The van der Waals surface area contributed by atoms with Crippen LogP contribution < -0.4 is 10.1 Å². The van der Waals surface area contributed by atoms with Crippen molar-refractivity contribution in [2.24, 2.45) is 0 Å². The number of carbonyl (C=O) groups excluding carboxylic acids is 2. The number of amides is 2. The highest BCUT2D eigenvalue weighted by Gasteiger charge is 2.48. The number of carbonyl (C=O) groups is 2. The molecule has 1 fully saturated rings. The maximum Gasteiger partial charge on any atom is 0.250 e. The predicted molar refractivity (Wildman–Crippen MR) is 128 cm³/mol. The van der Waals surface area contributed by atoms with Crippen LogP contribution in [0.3, 0.4) is 0 Å². The molecule has 0 unspecified atom stereocenters. The van der Waals surface area contributed by atoms with Crippen LogP contribution in [-0.4, -0.2) is 34.3 Å². The standard InChI is InChI=1S/C27H29N3O3/c1-33-24-13-11-23(12-14-24)29-26(32)27(15-5-6-16-27)30(20-22-10-7-17-28-19-22)25(31)18-21-8-3-2-4-9-21/h2-4,7-14,17,19H,5-6,15-16,18,20H2,1H3,(H,29,32). The highest BCUT2D eigenvalue weighted by atomic mass is 16.5. The molecule has 1 N–H and O–H groups in total. The molecule has 0 radical (unpaired) electrons. The van der Waals surface area contributed by atoms with Crippen molar-refractivity contribution in [1.82, 2.24) is 9.88 Å². The predicted octanol–water partition coefficient (Wildman–Crippen LogP) is 4.61. The zero-order chi connectivity index (χ0) is 23.1. The average molecular weight is 444 g/mol. The zero-order valence-electron chi connectivity index (χ0n) is 18.9. The molecule has 2 aromatic carbocycles. The molecule has 1 saturated carbocycles. The second kappa shape index (κ2) is 10.3.